The van der Waals surface area contributed by atoms with Gasteiger partial charge in [-0.3, -0.25) is 14.5 Å². The Hall–Kier alpha value is -2.54. The standard InChI is InChI=1S/C16H19N3O4/c20-15(17-10-14-2-1-8-23-14)11-18-4-6-19(7-5-18)16(21)13-3-9-22-12-13/h1-3,8-9,12H,4-7,10-11H2,(H,17,20). The van der Waals surface area contributed by atoms with Gasteiger partial charge in [-0.15, -0.1) is 0 Å². The van der Waals surface area contributed by atoms with E-state index in [0.717, 1.165) is 5.76 Å². The van der Waals surface area contributed by atoms with Gasteiger partial charge in [0.2, 0.25) is 5.91 Å². The molecule has 1 fully saturated rings. The summed E-state index contributed by atoms with van der Waals surface area (Å²) in [5.74, 6) is 0.658. The number of nitrogens with zero attached hydrogens (tertiary/aromatic N) is 2. The first-order valence-corrected chi connectivity index (χ1v) is 7.55. The Bertz CT molecular complexity index is 628. The lowest BCUT2D eigenvalue weighted by Gasteiger charge is -2.34. The largest absolute Gasteiger partial charge is 0.472 e. The van der Waals surface area contributed by atoms with Crippen molar-refractivity contribution in [2.45, 2.75) is 6.54 Å². The molecule has 2 aromatic heterocycles. The van der Waals surface area contributed by atoms with E-state index >= 15 is 0 Å². The third-order valence-corrected chi connectivity index (χ3v) is 3.83. The number of carbonyl (C=O) groups excluding carboxylic acids is 2. The van der Waals surface area contributed by atoms with Crippen LogP contribution in [0.5, 0.6) is 0 Å². The molecule has 0 aromatic carbocycles. The van der Waals surface area contributed by atoms with Gasteiger partial charge in [0.15, 0.2) is 0 Å². The average Bonchev–Trinajstić information content (AvgIpc) is 3.26. The van der Waals surface area contributed by atoms with E-state index in [4.69, 9.17) is 8.83 Å². The Morgan fingerprint density at radius 1 is 1.13 bits per heavy atom. The summed E-state index contributed by atoms with van der Waals surface area (Å²) < 4.78 is 10.1. The van der Waals surface area contributed by atoms with E-state index in [-0.39, 0.29) is 11.8 Å². The molecule has 122 valence electrons. The van der Waals surface area contributed by atoms with Gasteiger partial charge in [0.05, 0.1) is 31.2 Å². The van der Waals surface area contributed by atoms with Crippen molar-refractivity contribution in [3.63, 3.8) is 0 Å². The fourth-order valence-electron chi connectivity index (χ4n) is 2.54. The zero-order valence-corrected chi connectivity index (χ0v) is 12.7. The Labute approximate surface area is 133 Å². The predicted octanol–water partition coefficient (Wildman–Crippen LogP) is 0.947. The number of amides is 2. The number of hydrogen-bond acceptors (Lipinski definition) is 5. The molecular formula is C16H19N3O4. The monoisotopic (exact) mass is 317 g/mol. The highest BCUT2D eigenvalue weighted by Gasteiger charge is 2.23. The molecule has 2 amide bonds. The van der Waals surface area contributed by atoms with Crippen LogP contribution in [0.15, 0.2) is 45.8 Å². The van der Waals surface area contributed by atoms with E-state index in [1.54, 1.807) is 23.3 Å². The summed E-state index contributed by atoms with van der Waals surface area (Å²) in [4.78, 5) is 27.9. The third-order valence-electron chi connectivity index (χ3n) is 3.83. The van der Waals surface area contributed by atoms with Gasteiger partial charge in [-0.25, -0.2) is 0 Å². The van der Waals surface area contributed by atoms with Gasteiger partial charge >= 0.3 is 0 Å². The molecule has 0 radical (unpaired) electrons. The first kappa shape index (κ1) is 15.4. The minimum absolute atomic E-state index is 0.0272. The molecule has 1 N–H and O–H groups in total. The molecule has 3 heterocycles. The molecule has 0 saturated carbocycles. The molecule has 7 heteroatoms. The highest BCUT2D eigenvalue weighted by molar-refractivity contribution is 5.93. The van der Waals surface area contributed by atoms with E-state index in [0.29, 0.717) is 44.8 Å². The van der Waals surface area contributed by atoms with Crippen LogP contribution in [-0.4, -0.2) is 54.3 Å². The lowest BCUT2D eigenvalue weighted by Crippen LogP contribution is -2.51. The molecule has 1 saturated heterocycles. The Morgan fingerprint density at radius 3 is 2.61 bits per heavy atom. The maximum Gasteiger partial charge on any atom is 0.257 e. The van der Waals surface area contributed by atoms with Crippen LogP contribution in [0, 0.1) is 0 Å². The molecule has 7 nitrogen and oxygen atoms in total. The molecule has 0 aliphatic carbocycles. The number of hydrogen-bond donors (Lipinski definition) is 1. The van der Waals surface area contributed by atoms with Crippen LogP contribution in [0.1, 0.15) is 16.1 Å². The van der Waals surface area contributed by atoms with Gasteiger partial charge < -0.3 is 19.1 Å². The predicted molar refractivity (Wildman–Crippen MR) is 81.6 cm³/mol. The highest BCUT2D eigenvalue weighted by atomic mass is 16.3. The van der Waals surface area contributed by atoms with Crippen LogP contribution in [0.25, 0.3) is 0 Å². The molecule has 3 rings (SSSR count). The van der Waals surface area contributed by atoms with Crippen molar-refractivity contribution >= 4 is 11.8 Å². The quantitative estimate of drug-likeness (QED) is 0.888. The van der Waals surface area contributed by atoms with E-state index in [2.05, 4.69) is 5.32 Å². The summed E-state index contributed by atoms with van der Waals surface area (Å²) in [5, 5.41) is 2.82. The second-order valence-corrected chi connectivity index (χ2v) is 5.44. The van der Waals surface area contributed by atoms with Crippen molar-refractivity contribution < 1.29 is 18.4 Å². The van der Waals surface area contributed by atoms with Crippen LogP contribution < -0.4 is 5.32 Å². The van der Waals surface area contributed by atoms with Gasteiger partial charge in [0, 0.05) is 26.2 Å². The number of rotatable bonds is 5. The van der Waals surface area contributed by atoms with Gasteiger partial charge in [-0.1, -0.05) is 0 Å². The zero-order chi connectivity index (χ0) is 16.1. The molecule has 0 unspecified atom stereocenters. The Kier molecular flexibility index (Phi) is 4.77. The van der Waals surface area contributed by atoms with Crippen LogP contribution in [-0.2, 0) is 11.3 Å². The minimum atomic E-state index is -0.0454. The van der Waals surface area contributed by atoms with E-state index < -0.39 is 0 Å². The first-order valence-electron chi connectivity index (χ1n) is 7.55. The van der Waals surface area contributed by atoms with Gasteiger partial charge in [0.25, 0.3) is 5.91 Å². The average molecular weight is 317 g/mol. The second kappa shape index (κ2) is 7.15. The lowest BCUT2D eigenvalue weighted by molar-refractivity contribution is -0.122. The first-order chi connectivity index (χ1) is 11.2. The van der Waals surface area contributed by atoms with Crippen LogP contribution in [0.4, 0.5) is 0 Å². The molecule has 1 aliphatic heterocycles. The van der Waals surface area contributed by atoms with E-state index in [1.165, 1.54) is 12.5 Å². The summed E-state index contributed by atoms with van der Waals surface area (Å²) in [7, 11) is 0. The summed E-state index contributed by atoms with van der Waals surface area (Å²) in [6.07, 6.45) is 4.53. The van der Waals surface area contributed by atoms with Crippen molar-refractivity contribution in [2.75, 3.05) is 32.7 Å². The minimum Gasteiger partial charge on any atom is -0.472 e. The van der Waals surface area contributed by atoms with Gasteiger partial charge in [-0.05, 0) is 18.2 Å². The highest BCUT2D eigenvalue weighted by Crippen LogP contribution is 2.09. The van der Waals surface area contributed by atoms with E-state index in [9.17, 15) is 9.59 Å². The van der Waals surface area contributed by atoms with Gasteiger partial charge in [-0.2, -0.15) is 0 Å². The van der Waals surface area contributed by atoms with Crippen molar-refractivity contribution in [3.05, 3.63) is 48.3 Å². The van der Waals surface area contributed by atoms with Crippen molar-refractivity contribution in [1.29, 1.82) is 0 Å². The van der Waals surface area contributed by atoms with Crippen LogP contribution >= 0.6 is 0 Å². The van der Waals surface area contributed by atoms with Crippen molar-refractivity contribution in [3.8, 4) is 0 Å². The SMILES string of the molecule is O=C(CN1CCN(C(=O)c2ccoc2)CC1)NCc1ccco1. The molecule has 0 spiro atoms. The molecule has 0 bridgehead atoms. The zero-order valence-electron chi connectivity index (χ0n) is 12.7. The van der Waals surface area contributed by atoms with E-state index in [1.807, 2.05) is 11.0 Å². The van der Waals surface area contributed by atoms with Crippen molar-refractivity contribution in [1.82, 2.24) is 15.1 Å². The summed E-state index contributed by atoms with van der Waals surface area (Å²) >= 11 is 0. The number of piperazine rings is 1. The molecular weight excluding hydrogens is 298 g/mol. The van der Waals surface area contributed by atoms with Crippen molar-refractivity contribution in [2.24, 2.45) is 0 Å². The summed E-state index contributed by atoms with van der Waals surface area (Å²) in [6.45, 7) is 3.29. The fourth-order valence-corrected chi connectivity index (χ4v) is 2.54. The van der Waals surface area contributed by atoms with Gasteiger partial charge in [0.1, 0.15) is 12.0 Å². The maximum atomic E-state index is 12.2. The third kappa shape index (κ3) is 4.01. The lowest BCUT2D eigenvalue weighted by atomic mass is 10.2. The summed E-state index contributed by atoms with van der Waals surface area (Å²) in [6, 6.07) is 5.27. The normalized spacial score (nSPS) is 15.6. The van der Waals surface area contributed by atoms with Crippen LogP contribution in [0.3, 0.4) is 0 Å². The second-order valence-electron chi connectivity index (χ2n) is 5.44. The van der Waals surface area contributed by atoms with Crippen LogP contribution in [0.2, 0.25) is 0 Å². The number of nitrogens with one attached hydrogen (secondary N) is 1. The Balaban J connectivity index is 1.40. The number of carbonyl (C=O) groups is 2. The number of furan rings is 2. The fraction of sp³-hybridized carbons (Fsp3) is 0.375. The smallest absolute Gasteiger partial charge is 0.257 e. The summed E-state index contributed by atoms with van der Waals surface area (Å²) in [5.41, 5.74) is 0.564. The molecule has 23 heavy (non-hydrogen) atoms. The topological polar surface area (TPSA) is 78.9 Å². The maximum absolute atomic E-state index is 12.2. The molecule has 0 atom stereocenters. The molecule has 1 aliphatic rings. The Morgan fingerprint density at radius 2 is 1.96 bits per heavy atom. The molecule has 2 aromatic rings.